The summed E-state index contributed by atoms with van der Waals surface area (Å²) in [6.45, 7) is 0. The number of nitrogens with two attached hydrogens (primary N) is 1. The van der Waals surface area contributed by atoms with Crippen LogP contribution in [0.15, 0.2) is 23.9 Å². The Kier molecular flexibility index (Phi) is 5.78. The molecule has 1 aromatic rings. The summed E-state index contributed by atoms with van der Waals surface area (Å²) in [6, 6.07) is 2.92. The molecule has 1 aromatic carbocycles. The molecular weight excluding hydrogens is 339 g/mol. The third kappa shape index (κ3) is 4.56. The molecule has 25 heavy (non-hydrogen) atoms. The van der Waals surface area contributed by atoms with Gasteiger partial charge in [0.25, 0.3) is 5.91 Å². The van der Waals surface area contributed by atoms with Gasteiger partial charge in [0.15, 0.2) is 0 Å². The molecule has 0 radical (unpaired) electrons. The van der Waals surface area contributed by atoms with Crippen LogP contribution >= 0.6 is 0 Å². The number of carbonyl (C=O) groups excluding carboxylic acids is 1. The van der Waals surface area contributed by atoms with E-state index in [1.807, 2.05) is 0 Å². The zero-order valence-corrected chi connectivity index (χ0v) is 13.9. The molecule has 138 valence electrons. The van der Waals surface area contributed by atoms with E-state index >= 15 is 0 Å². The molecule has 1 aliphatic carbocycles. The first-order valence-electron chi connectivity index (χ1n) is 7.59. The van der Waals surface area contributed by atoms with E-state index in [1.54, 1.807) is 0 Å². The number of methoxy groups -OCH3 is 1. The minimum absolute atomic E-state index is 0.0506. The van der Waals surface area contributed by atoms with Crippen LogP contribution in [0.1, 0.15) is 29.6 Å². The van der Waals surface area contributed by atoms with Crippen molar-refractivity contribution in [1.29, 1.82) is 0 Å². The van der Waals surface area contributed by atoms with Crippen molar-refractivity contribution in [3.63, 3.8) is 0 Å². The lowest BCUT2D eigenvalue weighted by Crippen LogP contribution is -2.29. The molecule has 0 spiro atoms. The monoisotopic (exact) mass is 359 g/mol. The Morgan fingerprint density at radius 3 is 2.56 bits per heavy atom. The third-order valence-electron chi connectivity index (χ3n) is 3.98. The maximum Gasteiger partial charge on any atom is 0.392 e. The molecule has 0 heterocycles. The van der Waals surface area contributed by atoms with Crippen LogP contribution in [-0.2, 0) is 4.84 Å². The summed E-state index contributed by atoms with van der Waals surface area (Å²) >= 11 is 0. The summed E-state index contributed by atoms with van der Waals surface area (Å²) < 4.78 is 43.2. The van der Waals surface area contributed by atoms with Crippen molar-refractivity contribution < 1.29 is 27.5 Å². The van der Waals surface area contributed by atoms with E-state index in [4.69, 9.17) is 15.3 Å². The molecule has 9 heteroatoms. The zero-order chi connectivity index (χ0) is 18.6. The van der Waals surface area contributed by atoms with Gasteiger partial charge in [-0.1, -0.05) is 6.08 Å². The second-order valence-electron chi connectivity index (χ2n) is 5.64. The number of amides is 1. The van der Waals surface area contributed by atoms with Crippen LogP contribution in [0.2, 0.25) is 0 Å². The number of hydrogen-bond donors (Lipinski definition) is 3. The first-order valence-corrected chi connectivity index (χ1v) is 7.59. The number of hydrogen-bond acceptors (Lipinski definition) is 5. The van der Waals surface area contributed by atoms with E-state index in [2.05, 4.69) is 10.8 Å². The lowest BCUT2D eigenvalue weighted by Gasteiger charge is -2.24. The topological polar surface area (TPSA) is 85.6 Å². The first-order chi connectivity index (χ1) is 11.8. The van der Waals surface area contributed by atoms with Gasteiger partial charge in [-0.05, 0) is 25.3 Å². The average molecular weight is 359 g/mol. The summed E-state index contributed by atoms with van der Waals surface area (Å²) in [5.41, 5.74) is 9.72. The summed E-state index contributed by atoms with van der Waals surface area (Å²) in [4.78, 5) is 17.3. The van der Waals surface area contributed by atoms with Crippen molar-refractivity contribution in [3.8, 4) is 5.75 Å². The number of rotatable bonds is 5. The van der Waals surface area contributed by atoms with Crippen LogP contribution in [0.25, 0.3) is 0 Å². The van der Waals surface area contributed by atoms with Crippen molar-refractivity contribution in [2.45, 2.75) is 25.4 Å². The molecule has 0 saturated carbocycles. The van der Waals surface area contributed by atoms with Crippen LogP contribution in [-0.4, -0.2) is 26.3 Å². The highest BCUT2D eigenvalue weighted by Gasteiger charge is 2.39. The van der Waals surface area contributed by atoms with Gasteiger partial charge in [-0.3, -0.25) is 15.1 Å². The van der Waals surface area contributed by atoms with E-state index in [-0.39, 0.29) is 30.6 Å². The standard InChI is InChI=1S/C16H20F3N3O3/c1-24-14-8-12(20)13(22-25-2)7-11(14)15(23)21-10-5-3-9(4-6-10)16(17,18)19/h5,7-9,22H,3-4,6,20H2,1-2H3,(H,21,23). The van der Waals surface area contributed by atoms with E-state index in [0.717, 1.165) is 0 Å². The highest BCUT2D eigenvalue weighted by molar-refractivity contribution is 6.00. The van der Waals surface area contributed by atoms with Crippen molar-refractivity contribution in [2.24, 2.45) is 5.92 Å². The maximum absolute atomic E-state index is 12.7. The first kappa shape index (κ1) is 18.9. The molecule has 0 saturated heterocycles. The van der Waals surface area contributed by atoms with Crippen molar-refractivity contribution in [2.75, 3.05) is 25.4 Å². The van der Waals surface area contributed by atoms with Gasteiger partial charge in [0.1, 0.15) is 5.75 Å². The number of nitrogen functional groups attached to an aromatic ring is 1. The minimum atomic E-state index is -4.22. The van der Waals surface area contributed by atoms with Gasteiger partial charge in [-0.2, -0.15) is 13.2 Å². The molecule has 1 unspecified atom stereocenters. The quantitative estimate of drug-likeness (QED) is 0.555. The Bertz CT molecular complexity index is 675. The molecule has 0 bridgehead atoms. The normalized spacial score (nSPS) is 17.6. The van der Waals surface area contributed by atoms with Gasteiger partial charge in [-0.15, -0.1) is 0 Å². The number of allylic oxidation sites excluding steroid dienone is 2. The van der Waals surface area contributed by atoms with Crippen LogP contribution in [0.5, 0.6) is 5.75 Å². The van der Waals surface area contributed by atoms with E-state index in [0.29, 0.717) is 17.1 Å². The van der Waals surface area contributed by atoms with Gasteiger partial charge in [0.2, 0.25) is 0 Å². The largest absolute Gasteiger partial charge is 0.496 e. The smallest absolute Gasteiger partial charge is 0.392 e. The van der Waals surface area contributed by atoms with Gasteiger partial charge in [-0.25, -0.2) is 0 Å². The fraction of sp³-hybridized carbons (Fsp3) is 0.438. The number of nitrogens with one attached hydrogen (secondary N) is 2. The number of carbonyl (C=O) groups is 1. The third-order valence-corrected chi connectivity index (χ3v) is 3.98. The van der Waals surface area contributed by atoms with Crippen LogP contribution in [0.3, 0.4) is 0 Å². The lowest BCUT2D eigenvalue weighted by atomic mass is 9.92. The Balaban J connectivity index is 2.16. The predicted octanol–water partition coefficient (Wildman–Crippen LogP) is 3.23. The predicted molar refractivity (Wildman–Crippen MR) is 87.0 cm³/mol. The fourth-order valence-electron chi connectivity index (χ4n) is 2.60. The number of anilines is 2. The molecule has 1 amide bonds. The highest BCUT2D eigenvalue weighted by Crippen LogP contribution is 2.36. The molecule has 1 aliphatic rings. The SMILES string of the molecule is CONc1cc(C(=O)NC2=CCC(C(F)(F)F)CC2)c(OC)cc1N. The Morgan fingerprint density at radius 1 is 1.32 bits per heavy atom. The van der Waals surface area contributed by atoms with Crippen LogP contribution < -0.4 is 21.3 Å². The summed E-state index contributed by atoms with van der Waals surface area (Å²) in [5.74, 6) is -1.61. The van der Waals surface area contributed by atoms with E-state index in [1.165, 1.54) is 32.4 Å². The summed E-state index contributed by atoms with van der Waals surface area (Å²) in [7, 11) is 2.79. The maximum atomic E-state index is 12.7. The fourth-order valence-corrected chi connectivity index (χ4v) is 2.60. The van der Waals surface area contributed by atoms with Crippen molar-refractivity contribution in [1.82, 2.24) is 5.32 Å². The van der Waals surface area contributed by atoms with Crippen LogP contribution in [0, 0.1) is 5.92 Å². The van der Waals surface area contributed by atoms with E-state index in [9.17, 15) is 18.0 Å². The zero-order valence-electron chi connectivity index (χ0n) is 13.9. The van der Waals surface area contributed by atoms with Gasteiger partial charge < -0.3 is 15.8 Å². The lowest BCUT2D eigenvalue weighted by molar-refractivity contribution is -0.176. The molecule has 1 atom stereocenters. The van der Waals surface area contributed by atoms with Crippen molar-refractivity contribution in [3.05, 3.63) is 29.5 Å². The molecule has 6 nitrogen and oxygen atoms in total. The number of alkyl halides is 3. The minimum Gasteiger partial charge on any atom is -0.496 e. The molecule has 4 N–H and O–H groups in total. The average Bonchev–Trinajstić information content (AvgIpc) is 2.56. The molecular formula is C16H20F3N3O3. The summed E-state index contributed by atoms with van der Waals surface area (Å²) in [5, 5.41) is 2.64. The molecule has 0 fully saturated rings. The second kappa shape index (κ2) is 7.64. The number of benzene rings is 1. The summed E-state index contributed by atoms with van der Waals surface area (Å²) in [6.07, 6.45) is -2.85. The van der Waals surface area contributed by atoms with Crippen LogP contribution in [0.4, 0.5) is 24.5 Å². The number of halogens is 3. The second-order valence-corrected chi connectivity index (χ2v) is 5.64. The van der Waals surface area contributed by atoms with Gasteiger partial charge in [0, 0.05) is 11.8 Å². The van der Waals surface area contributed by atoms with Gasteiger partial charge >= 0.3 is 6.18 Å². The molecule has 2 rings (SSSR count). The van der Waals surface area contributed by atoms with Crippen molar-refractivity contribution >= 4 is 17.3 Å². The van der Waals surface area contributed by atoms with E-state index < -0.39 is 18.0 Å². The molecule has 0 aliphatic heterocycles. The number of ether oxygens (including phenoxy) is 1. The highest BCUT2D eigenvalue weighted by atomic mass is 19.4. The Morgan fingerprint density at radius 2 is 2.04 bits per heavy atom. The molecule has 0 aromatic heterocycles. The Labute approximate surface area is 143 Å². The van der Waals surface area contributed by atoms with Gasteiger partial charge in [0.05, 0.1) is 37.1 Å². The Hall–Kier alpha value is -2.42.